The third-order valence-electron chi connectivity index (χ3n) is 1.87. The van der Waals surface area contributed by atoms with E-state index in [9.17, 15) is 14.7 Å². The fourth-order valence-corrected chi connectivity index (χ4v) is 1.27. The zero-order valence-corrected chi connectivity index (χ0v) is 7.89. The molecule has 0 radical (unpaired) electrons. The van der Waals surface area contributed by atoms with Gasteiger partial charge >= 0.3 is 5.97 Å². The fourth-order valence-electron chi connectivity index (χ4n) is 1.27. The highest BCUT2D eigenvalue weighted by Gasteiger charge is 2.39. The Morgan fingerprint density at radius 2 is 2.00 bits per heavy atom. The Morgan fingerprint density at radius 3 is 2.43 bits per heavy atom. The van der Waals surface area contributed by atoms with Crippen LogP contribution in [0.15, 0.2) is 0 Å². The Kier molecular flexibility index (Phi) is 3.07. The van der Waals surface area contributed by atoms with Crippen LogP contribution in [0.5, 0.6) is 0 Å². The lowest BCUT2D eigenvalue weighted by Gasteiger charge is -2.44. The number of aliphatic hydroxyl groups is 1. The number of carboxylic acids is 1. The summed E-state index contributed by atoms with van der Waals surface area (Å²) >= 11 is 0. The summed E-state index contributed by atoms with van der Waals surface area (Å²) in [4.78, 5) is 22.7. The van der Waals surface area contributed by atoms with E-state index in [0.717, 1.165) is 0 Å². The first-order valence-corrected chi connectivity index (χ1v) is 4.20. The Labute approximate surface area is 81.1 Å². The lowest BCUT2D eigenvalue weighted by atomic mass is 9.97. The van der Waals surface area contributed by atoms with Gasteiger partial charge in [0, 0.05) is 0 Å². The summed E-state index contributed by atoms with van der Waals surface area (Å²) in [5.41, 5.74) is -0.803. The minimum absolute atomic E-state index is 0.248. The van der Waals surface area contributed by atoms with Gasteiger partial charge in [-0.3, -0.25) is 4.79 Å². The van der Waals surface area contributed by atoms with Gasteiger partial charge in [-0.25, -0.2) is 4.79 Å². The van der Waals surface area contributed by atoms with E-state index in [4.69, 9.17) is 5.11 Å². The predicted octanol–water partition coefficient (Wildman–Crippen LogP) is -1.32. The van der Waals surface area contributed by atoms with Crippen molar-refractivity contribution in [3.63, 3.8) is 0 Å². The SMILES string of the molecule is CC1(O)CN(C(=O)COCC(=O)O)C1. The van der Waals surface area contributed by atoms with Gasteiger partial charge in [0.05, 0.1) is 18.7 Å². The molecule has 1 heterocycles. The molecule has 1 fully saturated rings. The maximum atomic E-state index is 11.2. The summed E-state index contributed by atoms with van der Waals surface area (Å²) in [5, 5.41) is 17.5. The topological polar surface area (TPSA) is 87.1 Å². The number of carboxylic acid groups (broad SMARTS) is 1. The van der Waals surface area contributed by atoms with Gasteiger partial charge in [-0.15, -0.1) is 0 Å². The van der Waals surface area contributed by atoms with Crippen molar-refractivity contribution in [2.24, 2.45) is 0 Å². The quantitative estimate of drug-likeness (QED) is 0.591. The molecule has 2 N–H and O–H groups in total. The molecule has 1 aliphatic rings. The van der Waals surface area contributed by atoms with Crippen molar-refractivity contribution in [2.45, 2.75) is 12.5 Å². The molecule has 0 bridgehead atoms. The third kappa shape index (κ3) is 2.97. The summed E-state index contributed by atoms with van der Waals surface area (Å²) in [6, 6.07) is 0. The smallest absolute Gasteiger partial charge is 0.329 e. The Hall–Kier alpha value is -1.14. The second kappa shape index (κ2) is 3.93. The standard InChI is InChI=1S/C8H13NO5/c1-8(13)4-9(5-8)6(10)2-14-3-7(11)12/h13H,2-5H2,1H3,(H,11,12). The Balaban J connectivity index is 2.15. The van der Waals surface area contributed by atoms with Crippen LogP contribution in [-0.2, 0) is 14.3 Å². The highest BCUT2D eigenvalue weighted by Crippen LogP contribution is 2.19. The summed E-state index contributed by atoms with van der Waals surface area (Å²) < 4.78 is 4.61. The van der Waals surface area contributed by atoms with E-state index in [1.807, 2.05) is 0 Å². The van der Waals surface area contributed by atoms with E-state index < -0.39 is 18.2 Å². The number of ether oxygens (including phenoxy) is 1. The number of carbonyl (C=O) groups is 2. The van der Waals surface area contributed by atoms with Gasteiger partial charge < -0.3 is 19.8 Å². The molecule has 0 aromatic carbocycles. The maximum absolute atomic E-state index is 11.2. The molecule has 1 aliphatic heterocycles. The molecule has 0 saturated carbocycles. The van der Waals surface area contributed by atoms with Crippen LogP contribution in [0.25, 0.3) is 0 Å². The second-order valence-corrected chi connectivity index (χ2v) is 3.63. The molecule has 1 saturated heterocycles. The van der Waals surface area contributed by atoms with Gasteiger partial charge in [0.1, 0.15) is 13.2 Å². The minimum atomic E-state index is -1.10. The molecule has 0 atom stereocenters. The number of rotatable bonds is 4. The zero-order chi connectivity index (χ0) is 10.8. The van der Waals surface area contributed by atoms with Crippen LogP contribution in [-0.4, -0.2) is 58.9 Å². The summed E-state index contributed by atoms with van der Waals surface area (Å²) in [6.07, 6.45) is 0. The Bertz CT molecular complexity index is 242. The van der Waals surface area contributed by atoms with Gasteiger partial charge in [0.2, 0.25) is 5.91 Å². The largest absolute Gasteiger partial charge is 0.480 e. The van der Waals surface area contributed by atoms with Gasteiger partial charge in [0.25, 0.3) is 0 Å². The molecule has 0 aromatic heterocycles. The summed E-state index contributed by atoms with van der Waals surface area (Å²) in [6.45, 7) is 1.47. The molecular weight excluding hydrogens is 190 g/mol. The highest BCUT2D eigenvalue weighted by atomic mass is 16.5. The Morgan fingerprint density at radius 1 is 1.43 bits per heavy atom. The van der Waals surface area contributed by atoms with E-state index in [-0.39, 0.29) is 25.6 Å². The van der Waals surface area contributed by atoms with Crippen LogP contribution >= 0.6 is 0 Å². The fraction of sp³-hybridized carbons (Fsp3) is 0.750. The second-order valence-electron chi connectivity index (χ2n) is 3.63. The molecule has 14 heavy (non-hydrogen) atoms. The van der Waals surface area contributed by atoms with Crippen LogP contribution in [0.1, 0.15) is 6.92 Å². The van der Waals surface area contributed by atoms with Crippen molar-refractivity contribution in [2.75, 3.05) is 26.3 Å². The molecule has 0 aliphatic carbocycles. The average Bonchev–Trinajstić information content (AvgIpc) is 1.99. The van der Waals surface area contributed by atoms with Crippen LogP contribution in [0.4, 0.5) is 0 Å². The van der Waals surface area contributed by atoms with Crippen molar-refractivity contribution in [1.82, 2.24) is 4.90 Å². The molecule has 1 amide bonds. The summed E-state index contributed by atoms with van der Waals surface area (Å²) in [5.74, 6) is -1.40. The first-order chi connectivity index (χ1) is 6.41. The van der Waals surface area contributed by atoms with E-state index in [2.05, 4.69) is 4.74 Å². The molecule has 6 nitrogen and oxygen atoms in total. The molecule has 80 valence electrons. The van der Waals surface area contributed by atoms with Gasteiger partial charge in [-0.2, -0.15) is 0 Å². The monoisotopic (exact) mass is 203 g/mol. The lowest BCUT2D eigenvalue weighted by molar-refractivity contribution is -0.159. The average molecular weight is 203 g/mol. The molecule has 0 unspecified atom stereocenters. The molecule has 0 spiro atoms. The predicted molar refractivity (Wildman–Crippen MR) is 45.7 cm³/mol. The molecule has 0 aromatic rings. The molecule has 1 rings (SSSR count). The van der Waals surface area contributed by atoms with Crippen molar-refractivity contribution >= 4 is 11.9 Å². The number of hydrogen-bond donors (Lipinski definition) is 2. The van der Waals surface area contributed by atoms with Crippen LogP contribution < -0.4 is 0 Å². The van der Waals surface area contributed by atoms with E-state index in [1.165, 1.54) is 4.90 Å². The van der Waals surface area contributed by atoms with E-state index in [1.54, 1.807) is 6.92 Å². The number of aliphatic carboxylic acids is 1. The van der Waals surface area contributed by atoms with Gasteiger partial charge in [-0.1, -0.05) is 0 Å². The first-order valence-electron chi connectivity index (χ1n) is 4.20. The van der Waals surface area contributed by atoms with E-state index in [0.29, 0.717) is 0 Å². The lowest BCUT2D eigenvalue weighted by Crippen LogP contribution is -2.62. The minimum Gasteiger partial charge on any atom is -0.480 e. The third-order valence-corrected chi connectivity index (χ3v) is 1.87. The van der Waals surface area contributed by atoms with Crippen molar-refractivity contribution < 1.29 is 24.5 Å². The zero-order valence-electron chi connectivity index (χ0n) is 7.89. The molecule has 6 heteroatoms. The highest BCUT2D eigenvalue weighted by molar-refractivity contribution is 5.79. The van der Waals surface area contributed by atoms with Crippen molar-refractivity contribution in [3.05, 3.63) is 0 Å². The normalized spacial score (nSPS) is 18.9. The van der Waals surface area contributed by atoms with Crippen molar-refractivity contribution in [3.8, 4) is 0 Å². The summed E-state index contributed by atoms with van der Waals surface area (Å²) in [7, 11) is 0. The number of hydrogen-bond acceptors (Lipinski definition) is 4. The number of amides is 1. The number of carbonyl (C=O) groups excluding carboxylic acids is 1. The van der Waals surface area contributed by atoms with Crippen LogP contribution in [0.2, 0.25) is 0 Å². The van der Waals surface area contributed by atoms with E-state index >= 15 is 0 Å². The number of β-amino-alcohol motifs (C(OH)–C–C–N with tert-alkyl or cyclic N) is 1. The van der Waals surface area contributed by atoms with Gasteiger partial charge in [0.15, 0.2) is 0 Å². The van der Waals surface area contributed by atoms with Gasteiger partial charge in [-0.05, 0) is 6.92 Å². The molecular formula is C8H13NO5. The number of nitrogens with zero attached hydrogens (tertiary/aromatic N) is 1. The number of likely N-dealkylation sites (tertiary alicyclic amines) is 1. The van der Waals surface area contributed by atoms with Crippen molar-refractivity contribution in [1.29, 1.82) is 0 Å². The maximum Gasteiger partial charge on any atom is 0.329 e. The first kappa shape index (κ1) is 10.9. The van der Waals surface area contributed by atoms with Crippen LogP contribution in [0.3, 0.4) is 0 Å². The van der Waals surface area contributed by atoms with Crippen LogP contribution in [0, 0.1) is 0 Å².